The number of nitrogens with one attached hydrogen (secondary N) is 2. The van der Waals surface area contributed by atoms with Crippen LogP contribution in [0.15, 0.2) is 71.6 Å². The molecule has 0 spiro atoms. The highest BCUT2D eigenvalue weighted by atomic mass is 35.5. The van der Waals surface area contributed by atoms with E-state index < -0.39 is 21.8 Å². The van der Waals surface area contributed by atoms with Crippen LogP contribution in [-0.4, -0.2) is 27.3 Å². The number of rotatable bonds is 7. The van der Waals surface area contributed by atoms with Crippen molar-refractivity contribution in [3.05, 3.63) is 88.4 Å². The third-order valence-electron chi connectivity index (χ3n) is 4.47. The van der Waals surface area contributed by atoms with Crippen molar-refractivity contribution in [3.8, 4) is 11.5 Å². The summed E-state index contributed by atoms with van der Waals surface area (Å²) >= 11 is 5.84. The molecule has 0 atom stereocenters. The number of sulfonamides is 1. The summed E-state index contributed by atoms with van der Waals surface area (Å²) in [5.41, 5.74) is 5.50. The average molecular weight is 490 g/mol. The van der Waals surface area contributed by atoms with Crippen LogP contribution < -0.4 is 25.5 Å². The van der Waals surface area contributed by atoms with E-state index in [9.17, 15) is 18.0 Å². The molecule has 0 aromatic heterocycles. The number of hydrogen-bond donors (Lipinski definition) is 3. The normalized spacial score (nSPS) is 10.9. The molecule has 0 unspecified atom stereocenters. The highest BCUT2D eigenvalue weighted by molar-refractivity contribution is 7.89. The highest BCUT2D eigenvalue weighted by Crippen LogP contribution is 2.22. The van der Waals surface area contributed by atoms with Crippen molar-refractivity contribution in [2.24, 2.45) is 5.14 Å². The first kappa shape index (κ1) is 24.1. The van der Waals surface area contributed by atoms with Gasteiger partial charge in [0, 0.05) is 10.6 Å². The monoisotopic (exact) mass is 489 g/mol. The van der Waals surface area contributed by atoms with Crippen LogP contribution in [0.4, 0.5) is 0 Å². The van der Waals surface area contributed by atoms with E-state index in [1.165, 1.54) is 19.2 Å². The largest absolute Gasteiger partial charge is 0.496 e. The molecule has 4 N–H and O–H groups in total. The molecular weight excluding hydrogens is 470 g/mol. The lowest BCUT2D eigenvalue weighted by molar-refractivity contribution is 0.0844. The summed E-state index contributed by atoms with van der Waals surface area (Å²) in [4.78, 5) is 24.6. The molecular formula is C22H20ClN3O6S. The lowest BCUT2D eigenvalue weighted by Gasteiger charge is -2.12. The second kappa shape index (κ2) is 10.3. The molecule has 0 aliphatic heterocycles. The van der Waals surface area contributed by atoms with Crippen LogP contribution >= 0.6 is 11.6 Å². The highest BCUT2D eigenvalue weighted by Gasteiger charge is 2.18. The second-order valence-electron chi connectivity index (χ2n) is 6.75. The Morgan fingerprint density at radius 2 is 1.58 bits per heavy atom. The summed E-state index contributed by atoms with van der Waals surface area (Å²) in [5, 5.41) is 5.72. The molecule has 0 saturated carbocycles. The zero-order valence-corrected chi connectivity index (χ0v) is 18.9. The van der Waals surface area contributed by atoms with Gasteiger partial charge in [-0.3, -0.25) is 20.4 Å². The van der Waals surface area contributed by atoms with Crippen molar-refractivity contribution in [2.45, 2.75) is 11.5 Å². The van der Waals surface area contributed by atoms with Gasteiger partial charge in [-0.15, -0.1) is 0 Å². The fourth-order valence-electron chi connectivity index (χ4n) is 2.74. The van der Waals surface area contributed by atoms with Crippen LogP contribution in [0.25, 0.3) is 0 Å². The van der Waals surface area contributed by atoms with Gasteiger partial charge >= 0.3 is 0 Å². The number of hydrogen-bond acceptors (Lipinski definition) is 6. The number of amides is 2. The van der Waals surface area contributed by atoms with Gasteiger partial charge in [0.15, 0.2) is 0 Å². The summed E-state index contributed by atoms with van der Waals surface area (Å²) < 4.78 is 33.8. The minimum atomic E-state index is -4.03. The molecule has 3 rings (SSSR count). The number of nitrogens with two attached hydrogens (primary N) is 1. The predicted molar refractivity (Wildman–Crippen MR) is 122 cm³/mol. The Morgan fingerprint density at radius 3 is 2.18 bits per heavy atom. The number of methoxy groups -OCH3 is 1. The standard InChI is InChI=1S/C22H20ClN3O6S/c1-31-20-11-10-18(33(24,29)30)12-19(20)22(28)26-25-21(27)15-4-2-14(3-5-15)13-32-17-8-6-16(23)7-9-17/h2-12H,13H2,1H3,(H,25,27)(H,26,28)(H2,24,29,30). The van der Waals surface area contributed by atoms with Crippen molar-refractivity contribution >= 4 is 33.4 Å². The van der Waals surface area contributed by atoms with Crippen LogP contribution in [0.1, 0.15) is 26.3 Å². The number of carbonyl (C=O) groups excluding carboxylic acids is 2. The van der Waals surface area contributed by atoms with Crippen molar-refractivity contribution in [1.29, 1.82) is 0 Å². The van der Waals surface area contributed by atoms with Gasteiger partial charge in [0.1, 0.15) is 18.1 Å². The van der Waals surface area contributed by atoms with Gasteiger partial charge in [0.25, 0.3) is 11.8 Å². The van der Waals surface area contributed by atoms with E-state index in [0.29, 0.717) is 17.4 Å². The predicted octanol–water partition coefficient (Wildman–Crippen LogP) is 2.65. The molecule has 0 radical (unpaired) electrons. The van der Waals surface area contributed by atoms with E-state index in [1.807, 2.05) is 0 Å². The molecule has 33 heavy (non-hydrogen) atoms. The van der Waals surface area contributed by atoms with Gasteiger partial charge in [-0.2, -0.15) is 0 Å². The number of ether oxygens (including phenoxy) is 2. The third-order valence-corrected chi connectivity index (χ3v) is 5.63. The molecule has 2 amide bonds. The maximum atomic E-state index is 12.5. The van der Waals surface area contributed by atoms with E-state index in [2.05, 4.69) is 10.9 Å². The molecule has 3 aromatic carbocycles. The van der Waals surface area contributed by atoms with Gasteiger partial charge in [0.2, 0.25) is 10.0 Å². The second-order valence-corrected chi connectivity index (χ2v) is 8.75. The maximum absolute atomic E-state index is 12.5. The molecule has 172 valence electrons. The number of benzene rings is 3. The van der Waals surface area contributed by atoms with Gasteiger partial charge in [0.05, 0.1) is 17.6 Å². The van der Waals surface area contributed by atoms with E-state index in [-0.39, 0.29) is 21.8 Å². The van der Waals surface area contributed by atoms with Crippen molar-refractivity contribution < 1.29 is 27.5 Å². The Bertz CT molecular complexity index is 1260. The van der Waals surface area contributed by atoms with E-state index in [1.54, 1.807) is 48.5 Å². The summed E-state index contributed by atoms with van der Waals surface area (Å²) in [7, 11) is -2.71. The van der Waals surface area contributed by atoms with Crippen molar-refractivity contribution in [2.75, 3.05) is 7.11 Å². The fraction of sp³-hybridized carbons (Fsp3) is 0.0909. The molecule has 11 heteroatoms. The van der Waals surface area contributed by atoms with Crippen LogP contribution in [0.5, 0.6) is 11.5 Å². The molecule has 0 heterocycles. The first-order valence-corrected chi connectivity index (χ1v) is 11.4. The third kappa shape index (κ3) is 6.45. The minimum Gasteiger partial charge on any atom is -0.496 e. The molecule has 0 bridgehead atoms. The van der Waals surface area contributed by atoms with Gasteiger partial charge in [-0.25, -0.2) is 13.6 Å². The number of primary sulfonamides is 1. The summed E-state index contributed by atoms with van der Waals surface area (Å²) in [6, 6.07) is 17.1. The van der Waals surface area contributed by atoms with Crippen LogP contribution in [0.3, 0.4) is 0 Å². The summed E-state index contributed by atoms with van der Waals surface area (Å²) in [5.74, 6) is -0.584. The van der Waals surface area contributed by atoms with Gasteiger partial charge in [-0.05, 0) is 60.2 Å². The first-order chi connectivity index (χ1) is 15.7. The molecule has 9 nitrogen and oxygen atoms in total. The quantitative estimate of drug-likeness (QED) is 0.436. The molecule has 0 aliphatic carbocycles. The first-order valence-electron chi connectivity index (χ1n) is 9.46. The lowest BCUT2D eigenvalue weighted by atomic mass is 10.1. The molecule has 0 fully saturated rings. The maximum Gasteiger partial charge on any atom is 0.273 e. The smallest absolute Gasteiger partial charge is 0.273 e. The number of carbonyl (C=O) groups is 2. The van der Waals surface area contributed by atoms with Crippen LogP contribution in [0, 0.1) is 0 Å². The topological polar surface area (TPSA) is 137 Å². The van der Waals surface area contributed by atoms with Crippen molar-refractivity contribution in [3.63, 3.8) is 0 Å². The lowest BCUT2D eigenvalue weighted by Crippen LogP contribution is -2.41. The average Bonchev–Trinajstić information content (AvgIpc) is 2.81. The minimum absolute atomic E-state index is 0.110. The van der Waals surface area contributed by atoms with Crippen LogP contribution in [0.2, 0.25) is 5.02 Å². The zero-order valence-electron chi connectivity index (χ0n) is 17.4. The SMILES string of the molecule is COc1ccc(S(N)(=O)=O)cc1C(=O)NNC(=O)c1ccc(COc2ccc(Cl)cc2)cc1. The van der Waals surface area contributed by atoms with Gasteiger partial charge < -0.3 is 9.47 Å². The number of hydrazine groups is 1. The molecule has 3 aromatic rings. The van der Waals surface area contributed by atoms with E-state index in [4.69, 9.17) is 26.2 Å². The Morgan fingerprint density at radius 1 is 0.939 bits per heavy atom. The Balaban J connectivity index is 1.60. The summed E-state index contributed by atoms with van der Waals surface area (Å²) in [6.07, 6.45) is 0. The Labute approximate surface area is 195 Å². The van der Waals surface area contributed by atoms with Gasteiger partial charge in [-0.1, -0.05) is 23.7 Å². The van der Waals surface area contributed by atoms with E-state index in [0.717, 1.165) is 11.6 Å². The van der Waals surface area contributed by atoms with Crippen LogP contribution in [-0.2, 0) is 16.6 Å². The zero-order chi connectivity index (χ0) is 24.0. The molecule has 0 aliphatic rings. The molecule has 0 saturated heterocycles. The van der Waals surface area contributed by atoms with Crippen molar-refractivity contribution in [1.82, 2.24) is 10.9 Å². The Kier molecular flexibility index (Phi) is 7.54. The fourth-order valence-corrected chi connectivity index (χ4v) is 3.41. The van der Waals surface area contributed by atoms with E-state index >= 15 is 0 Å². The Hall–Kier alpha value is -3.60. The summed E-state index contributed by atoms with van der Waals surface area (Å²) in [6.45, 7) is 0.292. The number of halogens is 1.